The van der Waals surface area contributed by atoms with E-state index in [-0.39, 0.29) is 11.9 Å². The third-order valence-corrected chi connectivity index (χ3v) is 4.46. The SMILES string of the molecule is O=C(N[C@H]1CCCCC[C@H]1C(=O)O)c1ccccc1Br. The van der Waals surface area contributed by atoms with Crippen molar-refractivity contribution in [3.05, 3.63) is 34.3 Å². The summed E-state index contributed by atoms with van der Waals surface area (Å²) in [6.45, 7) is 0. The van der Waals surface area contributed by atoms with Gasteiger partial charge in [-0.3, -0.25) is 9.59 Å². The minimum atomic E-state index is -0.815. The number of hydrogen-bond acceptors (Lipinski definition) is 2. The molecular weight excluding hydrogens is 322 g/mol. The molecule has 0 unspecified atom stereocenters. The van der Waals surface area contributed by atoms with Crippen LogP contribution >= 0.6 is 15.9 Å². The molecule has 1 aliphatic rings. The van der Waals surface area contributed by atoms with Crippen LogP contribution in [0.5, 0.6) is 0 Å². The Labute approximate surface area is 126 Å². The van der Waals surface area contributed by atoms with Gasteiger partial charge in [-0.25, -0.2) is 0 Å². The lowest BCUT2D eigenvalue weighted by Gasteiger charge is -2.23. The fourth-order valence-electron chi connectivity index (χ4n) is 2.67. The van der Waals surface area contributed by atoms with Crippen molar-refractivity contribution in [2.75, 3.05) is 0 Å². The molecule has 0 bridgehead atoms. The van der Waals surface area contributed by atoms with Crippen molar-refractivity contribution in [3.63, 3.8) is 0 Å². The van der Waals surface area contributed by atoms with Crippen molar-refractivity contribution >= 4 is 27.8 Å². The van der Waals surface area contributed by atoms with Gasteiger partial charge in [0.05, 0.1) is 11.5 Å². The fraction of sp³-hybridized carbons (Fsp3) is 0.467. The van der Waals surface area contributed by atoms with Gasteiger partial charge in [-0.15, -0.1) is 0 Å². The number of hydrogen-bond donors (Lipinski definition) is 2. The van der Waals surface area contributed by atoms with E-state index in [4.69, 9.17) is 0 Å². The van der Waals surface area contributed by atoms with Crippen LogP contribution in [0.3, 0.4) is 0 Å². The summed E-state index contributed by atoms with van der Waals surface area (Å²) in [5.41, 5.74) is 0.542. The molecule has 1 aliphatic carbocycles. The van der Waals surface area contributed by atoms with E-state index in [0.717, 1.165) is 30.2 Å². The van der Waals surface area contributed by atoms with Crippen molar-refractivity contribution in [2.45, 2.75) is 38.1 Å². The average molecular weight is 340 g/mol. The second-order valence-electron chi connectivity index (χ2n) is 5.14. The maximum Gasteiger partial charge on any atom is 0.308 e. The van der Waals surface area contributed by atoms with Crippen LogP contribution < -0.4 is 5.32 Å². The third-order valence-electron chi connectivity index (χ3n) is 3.77. The lowest BCUT2D eigenvalue weighted by molar-refractivity contribution is -0.142. The Bertz CT molecular complexity index is 504. The van der Waals surface area contributed by atoms with Crippen LogP contribution in [0.1, 0.15) is 42.5 Å². The van der Waals surface area contributed by atoms with Crippen molar-refractivity contribution < 1.29 is 14.7 Å². The molecule has 0 aromatic heterocycles. The molecule has 2 atom stereocenters. The summed E-state index contributed by atoms with van der Waals surface area (Å²) in [5, 5.41) is 12.2. The van der Waals surface area contributed by atoms with Gasteiger partial charge in [-0.1, -0.05) is 31.4 Å². The highest BCUT2D eigenvalue weighted by Gasteiger charge is 2.30. The second-order valence-corrected chi connectivity index (χ2v) is 6.00. The number of aliphatic carboxylic acids is 1. The molecule has 2 N–H and O–H groups in total. The van der Waals surface area contributed by atoms with Gasteiger partial charge in [0.25, 0.3) is 5.91 Å². The third kappa shape index (κ3) is 3.60. The Morgan fingerprint density at radius 3 is 2.55 bits per heavy atom. The Hall–Kier alpha value is -1.36. The van der Waals surface area contributed by atoms with Gasteiger partial charge in [0.2, 0.25) is 0 Å². The summed E-state index contributed by atoms with van der Waals surface area (Å²) in [4.78, 5) is 23.6. The maximum absolute atomic E-state index is 12.3. The fourth-order valence-corrected chi connectivity index (χ4v) is 3.13. The molecule has 5 heteroatoms. The molecular formula is C15H18BrNO3. The van der Waals surface area contributed by atoms with E-state index in [1.807, 2.05) is 6.07 Å². The lowest BCUT2D eigenvalue weighted by atomic mass is 9.94. The number of rotatable bonds is 3. The van der Waals surface area contributed by atoms with Crippen LogP contribution in [0.15, 0.2) is 28.7 Å². The van der Waals surface area contributed by atoms with Crippen molar-refractivity contribution in [1.82, 2.24) is 5.32 Å². The Kier molecular flexibility index (Phi) is 5.17. The molecule has 20 heavy (non-hydrogen) atoms. The zero-order chi connectivity index (χ0) is 14.5. The monoisotopic (exact) mass is 339 g/mol. The molecule has 0 aliphatic heterocycles. The average Bonchev–Trinajstić information content (AvgIpc) is 2.64. The summed E-state index contributed by atoms with van der Waals surface area (Å²) in [6.07, 6.45) is 4.28. The van der Waals surface area contributed by atoms with Crippen molar-refractivity contribution in [3.8, 4) is 0 Å². The molecule has 1 fully saturated rings. The van der Waals surface area contributed by atoms with E-state index in [1.165, 1.54) is 0 Å². The zero-order valence-electron chi connectivity index (χ0n) is 11.1. The Balaban J connectivity index is 2.12. The van der Waals surface area contributed by atoms with Crippen LogP contribution in [-0.4, -0.2) is 23.0 Å². The first-order chi connectivity index (χ1) is 9.59. The van der Waals surface area contributed by atoms with Crippen molar-refractivity contribution in [1.29, 1.82) is 0 Å². The number of carbonyl (C=O) groups excluding carboxylic acids is 1. The molecule has 4 nitrogen and oxygen atoms in total. The van der Waals surface area contributed by atoms with Crippen LogP contribution in [0.2, 0.25) is 0 Å². The molecule has 1 aromatic rings. The minimum Gasteiger partial charge on any atom is -0.481 e. The Morgan fingerprint density at radius 2 is 1.85 bits per heavy atom. The Morgan fingerprint density at radius 1 is 1.15 bits per heavy atom. The number of carbonyl (C=O) groups is 2. The van der Waals surface area contributed by atoms with Gasteiger partial charge < -0.3 is 10.4 Å². The molecule has 1 saturated carbocycles. The molecule has 0 radical (unpaired) electrons. The first kappa shape index (κ1) is 15.0. The number of halogens is 1. The first-order valence-electron chi connectivity index (χ1n) is 6.88. The second kappa shape index (κ2) is 6.88. The van der Waals surface area contributed by atoms with Gasteiger partial charge in [-0.05, 0) is 40.9 Å². The highest BCUT2D eigenvalue weighted by molar-refractivity contribution is 9.10. The summed E-state index contributed by atoms with van der Waals surface area (Å²) < 4.78 is 0.720. The molecule has 0 heterocycles. The maximum atomic E-state index is 12.3. The van der Waals surface area contributed by atoms with Gasteiger partial charge in [0, 0.05) is 10.5 Å². The summed E-state index contributed by atoms with van der Waals surface area (Å²) >= 11 is 3.34. The number of carboxylic acid groups (broad SMARTS) is 1. The number of nitrogens with one attached hydrogen (secondary N) is 1. The van der Waals surface area contributed by atoms with Gasteiger partial charge >= 0.3 is 5.97 Å². The molecule has 2 rings (SSSR count). The van der Waals surface area contributed by atoms with E-state index in [1.54, 1.807) is 18.2 Å². The largest absolute Gasteiger partial charge is 0.481 e. The van der Waals surface area contributed by atoms with Crippen LogP contribution in [-0.2, 0) is 4.79 Å². The van der Waals surface area contributed by atoms with E-state index in [0.29, 0.717) is 12.0 Å². The number of carboxylic acids is 1. The molecule has 1 amide bonds. The minimum absolute atomic E-state index is 0.212. The highest BCUT2D eigenvalue weighted by Crippen LogP contribution is 2.25. The van der Waals surface area contributed by atoms with E-state index in [2.05, 4.69) is 21.2 Å². The summed E-state index contributed by atoms with van der Waals surface area (Å²) in [5.74, 6) is -1.51. The smallest absolute Gasteiger partial charge is 0.308 e. The normalized spacial score (nSPS) is 22.9. The number of benzene rings is 1. The van der Waals surface area contributed by atoms with E-state index < -0.39 is 11.9 Å². The molecule has 108 valence electrons. The number of amides is 1. The quantitative estimate of drug-likeness (QED) is 0.831. The van der Waals surface area contributed by atoms with Gasteiger partial charge in [0.1, 0.15) is 0 Å². The van der Waals surface area contributed by atoms with Gasteiger partial charge in [-0.2, -0.15) is 0 Å². The standard InChI is InChI=1S/C15H18BrNO3/c16-12-8-5-4-6-10(12)14(18)17-13-9-3-1-2-7-11(13)15(19)20/h4-6,8,11,13H,1-3,7,9H2,(H,17,18)(H,19,20)/t11-,13+/m1/s1. The van der Waals surface area contributed by atoms with Crippen LogP contribution in [0.25, 0.3) is 0 Å². The van der Waals surface area contributed by atoms with Crippen LogP contribution in [0, 0.1) is 5.92 Å². The van der Waals surface area contributed by atoms with Gasteiger partial charge in [0.15, 0.2) is 0 Å². The zero-order valence-corrected chi connectivity index (χ0v) is 12.7. The lowest BCUT2D eigenvalue weighted by Crippen LogP contribution is -2.42. The highest BCUT2D eigenvalue weighted by atomic mass is 79.9. The van der Waals surface area contributed by atoms with Crippen molar-refractivity contribution in [2.24, 2.45) is 5.92 Å². The molecule has 0 saturated heterocycles. The first-order valence-corrected chi connectivity index (χ1v) is 7.67. The van der Waals surface area contributed by atoms with Crippen LogP contribution in [0.4, 0.5) is 0 Å². The topological polar surface area (TPSA) is 66.4 Å². The predicted octanol–water partition coefficient (Wildman–Crippen LogP) is 3.21. The van der Waals surface area contributed by atoms with E-state index >= 15 is 0 Å². The molecule has 0 spiro atoms. The molecule has 1 aromatic carbocycles. The van der Waals surface area contributed by atoms with E-state index in [9.17, 15) is 14.7 Å². The summed E-state index contributed by atoms with van der Waals surface area (Å²) in [6, 6.07) is 6.88. The predicted molar refractivity (Wildman–Crippen MR) is 79.6 cm³/mol. The summed E-state index contributed by atoms with van der Waals surface area (Å²) in [7, 11) is 0.